The van der Waals surface area contributed by atoms with Gasteiger partial charge in [0.1, 0.15) is 0 Å². The molecule has 2 aromatic heterocycles. The van der Waals surface area contributed by atoms with Crippen molar-refractivity contribution in [2.24, 2.45) is 0 Å². The van der Waals surface area contributed by atoms with E-state index in [-0.39, 0.29) is 5.41 Å². The molecule has 4 heteroatoms. The second-order valence-corrected chi connectivity index (χ2v) is 12.7. The van der Waals surface area contributed by atoms with E-state index in [1.807, 2.05) is 60.7 Å². The lowest BCUT2D eigenvalue weighted by atomic mass is 9.78. The van der Waals surface area contributed by atoms with Gasteiger partial charge in [-0.25, -0.2) is 19.9 Å². The Morgan fingerprint density at radius 1 is 0.468 bits per heavy atom. The van der Waals surface area contributed by atoms with E-state index in [1.165, 1.54) is 38.4 Å². The smallest absolute Gasteiger partial charge is 0.164 e. The lowest BCUT2D eigenvalue weighted by Crippen LogP contribution is -2.16. The highest BCUT2D eigenvalue weighted by Crippen LogP contribution is 2.54. The predicted molar refractivity (Wildman–Crippen MR) is 192 cm³/mol. The minimum absolute atomic E-state index is 0.247. The number of hydrogen-bond donors (Lipinski definition) is 0. The number of benzene rings is 6. The fourth-order valence-corrected chi connectivity index (χ4v) is 7.25. The summed E-state index contributed by atoms with van der Waals surface area (Å²) < 4.78 is 0. The van der Waals surface area contributed by atoms with Crippen LogP contribution in [0.4, 0.5) is 0 Å². The van der Waals surface area contributed by atoms with Gasteiger partial charge in [0.2, 0.25) is 0 Å². The van der Waals surface area contributed by atoms with E-state index in [0.717, 1.165) is 33.5 Å². The fraction of sp³-hybridized carbons (Fsp3) is 0.0698. The number of rotatable bonds is 4. The molecule has 222 valence electrons. The maximum atomic E-state index is 5.37. The zero-order chi connectivity index (χ0) is 31.5. The van der Waals surface area contributed by atoms with Crippen LogP contribution in [0, 0.1) is 0 Å². The van der Waals surface area contributed by atoms with Crippen molar-refractivity contribution in [3.8, 4) is 56.5 Å². The molecule has 9 rings (SSSR count). The molecule has 0 spiro atoms. The maximum absolute atomic E-state index is 5.37. The first-order chi connectivity index (χ1) is 23.1. The number of aromatic nitrogens is 4. The third kappa shape index (κ3) is 4.37. The molecule has 2 heterocycles. The molecule has 0 fully saturated rings. The molecule has 0 radical (unpaired) electrons. The van der Waals surface area contributed by atoms with Crippen molar-refractivity contribution in [2.75, 3.05) is 0 Å². The normalized spacial score (nSPS) is 13.1. The summed E-state index contributed by atoms with van der Waals surface area (Å²) in [6.07, 6.45) is 0. The van der Waals surface area contributed by atoms with E-state index in [9.17, 15) is 0 Å². The van der Waals surface area contributed by atoms with Gasteiger partial charge in [-0.3, -0.25) is 0 Å². The third-order valence-corrected chi connectivity index (χ3v) is 9.47. The molecule has 8 aromatic rings. The SMILES string of the molecule is CC1(C)c2ccccc2-c2nc3ccc4ccccc4c3c(-c3cccc(-c4nc(-c5ccccc5)nc(-c5ccccc5)n4)c3)c21. The molecule has 0 atom stereocenters. The van der Waals surface area contributed by atoms with Crippen molar-refractivity contribution in [3.63, 3.8) is 0 Å². The lowest BCUT2D eigenvalue weighted by molar-refractivity contribution is 0.662. The average Bonchev–Trinajstić information content (AvgIpc) is 3.37. The zero-order valence-corrected chi connectivity index (χ0v) is 26.1. The van der Waals surface area contributed by atoms with E-state index >= 15 is 0 Å². The Morgan fingerprint density at radius 2 is 1.04 bits per heavy atom. The Morgan fingerprint density at radius 3 is 1.77 bits per heavy atom. The number of hydrogen-bond acceptors (Lipinski definition) is 4. The fourth-order valence-electron chi connectivity index (χ4n) is 7.25. The molecule has 0 saturated carbocycles. The third-order valence-electron chi connectivity index (χ3n) is 9.47. The Labute approximate surface area is 273 Å². The van der Waals surface area contributed by atoms with E-state index in [2.05, 4.69) is 98.8 Å². The van der Waals surface area contributed by atoms with Gasteiger partial charge in [0.05, 0.1) is 11.2 Å². The van der Waals surface area contributed by atoms with Gasteiger partial charge in [0.25, 0.3) is 0 Å². The van der Waals surface area contributed by atoms with Crippen LogP contribution in [0.2, 0.25) is 0 Å². The maximum Gasteiger partial charge on any atom is 0.164 e. The first-order valence-electron chi connectivity index (χ1n) is 16.0. The molecule has 0 aliphatic heterocycles. The molecule has 0 saturated heterocycles. The van der Waals surface area contributed by atoms with Crippen LogP contribution in [0.5, 0.6) is 0 Å². The summed E-state index contributed by atoms with van der Waals surface area (Å²) in [5.41, 5.74) is 10.7. The number of pyridine rings is 1. The van der Waals surface area contributed by atoms with Crippen LogP contribution in [0.3, 0.4) is 0 Å². The molecule has 0 unspecified atom stereocenters. The average molecular weight is 603 g/mol. The van der Waals surface area contributed by atoms with Crippen LogP contribution in [0.1, 0.15) is 25.0 Å². The van der Waals surface area contributed by atoms with E-state index < -0.39 is 0 Å². The lowest BCUT2D eigenvalue weighted by Gasteiger charge is -2.26. The molecular formula is C43H30N4. The van der Waals surface area contributed by atoms with Gasteiger partial charge >= 0.3 is 0 Å². The summed E-state index contributed by atoms with van der Waals surface area (Å²) in [5, 5.41) is 3.57. The minimum Gasteiger partial charge on any atom is -0.247 e. The van der Waals surface area contributed by atoms with Crippen molar-refractivity contribution in [3.05, 3.63) is 157 Å². The van der Waals surface area contributed by atoms with Crippen molar-refractivity contribution in [1.29, 1.82) is 0 Å². The van der Waals surface area contributed by atoms with Crippen LogP contribution in [0.25, 0.3) is 78.2 Å². The Kier molecular flexibility index (Phi) is 6.12. The van der Waals surface area contributed by atoms with Crippen LogP contribution >= 0.6 is 0 Å². The highest BCUT2D eigenvalue weighted by Gasteiger charge is 2.39. The summed E-state index contributed by atoms with van der Waals surface area (Å²) in [6, 6.07) is 50.6. The molecule has 47 heavy (non-hydrogen) atoms. The van der Waals surface area contributed by atoms with Gasteiger partial charge in [0.15, 0.2) is 17.5 Å². The molecule has 4 nitrogen and oxygen atoms in total. The monoisotopic (exact) mass is 602 g/mol. The second-order valence-electron chi connectivity index (χ2n) is 12.7. The molecule has 0 N–H and O–H groups in total. The van der Waals surface area contributed by atoms with E-state index in [1.54, 1.807) is 0 Å². The topological polar surface area (TPSA) is 51.6 Å². The largest absolute Gasteiger partial charge is 0.247 e. The van der Waals surface area contributed by atoms with Gasteiger partial charge in [-0.1, -0.05) is 147 Å². The predicted octanol–water partition coefficient (Wildman–Crippen LogP) is 10.5. The van der Waals surface area contributed by atoms with Gasteiger partial charge in [-0.15, -0.1) is 0 Å². The quantitative estimate of drug-likeness (QED) is 0.188. The first kappa shape index (κ1) is 27.3. The zero-order valence-electron chi connectivity index (χ0n) is 26.1. The first-order valence-corrected chi connectivity index (χ1v) is 16.0. The van der Waals surface area contributed by atoms with Crippen LogP contribution in [0.15, 0.2) is 146 Å². The van der Waals surface area contributed by atoms with Crippen LogP contribution in [-0.2, 0) is 5.41 Å². The van der Waals surface area contributed by atoms with Crippen molar-refractivity contribution < 1.29 is 0 Å². The van der Waals surface area contributed by atoms with Crippen molar-refractivity contribution in [2.45, 2.75) is 19.3 Å². The summed E-state index contributed by atoms with van der Waals surface area (Å²) >= 11 is 0. The second kappa shape index (κ2) is 10.5. The van der Waals surface area contributed by atoms with Crippen LogP contribution in [-0.4, -0.2) is 19.9 Å². The van der Waals surface area contributed by atoms with Gasteiger partial charge in [-0.05, 0) is 45.2 Å². The molecule has 6 aromatic carbocycles. The molecular weight excluding hydrogens is 573 g/mol. The molecule has 1 aliphatic carbocycles. The van der Waals surface area contributed by atoms with Crippen molar-refractivity contribution in [1.82, 2.24) is 19.9 Å². The van der Waals surface area contributed by atoms with Gasteiger partial charge < -0.3 is 0 Å². The highest BCUT2D eigenvalue weighted by atomic mass is 15.0. The summed E-state index contributed by atoms with van der Waals surface area (Å²) in [7, 11) is 0. The molecule has 0 bridgehead atoms. The standard InChI is InChI=1S/C43H30N4/c1-43(2)34-23-12-11-22-33(34)39-38(43)36(37-32-21-10-9-14-27(32)24-25-35(37)44-39)30-19-13-20-31(26-30)42-46-40(28-15-5-3-6-16-28)45-41(47-42)29-17-7-4-8-18-29/h3-26H,1-2H3. The van der Waals surface area contributed by atoms with Gasteiger partial charge in [-0.2, -0.15) is 0 Å². The number of nitrogens with zero attached hydrogens (tertiary/aromatic N) is 4. The van der Waals surface area contributed by atoms with E-state index in [0.29, 0.717) is 17.5 Å². The summed E-state index contributed by atoms with van der Waals surface area (Å²) in [6.45, 7) is 4.65. The minimum atomic E-state index is -0.247. The van der Waals surface area contributed by atoms with Crippen molar-refractivity contribution >= 4 is 21.7 Å². The van der Waals surface area contributed by atoms with E-state index in [4.69, 9.17) is 19.9 Å². The Hall–Kier alpha value is -6.00. The highest BCUT2D eigenvalue weighted by molar-refractivity contribution is 6.16. The van der Waals surface area contributed by atoms with Gasteiger partial charge in [0, 0.05) is 33.1 Å². The summed E-state index contributed by atoms with van der Waals surface area (Å²) in [4.78, 5) is 20.4. The summed E-state index contributed by atoms with van der Waals surface area (Å²) in [5.74, 6) is 1.94. The number of fused-ring (bicyclic) bond motifs is 6. The molecule has 1 aliphatic rings. The Balaban J connectivity index is 1.33. The Bertz CT molecular complexity index is 2430. The van der Waals surface area contributed by atoms with Crippen LogP contribution < -0.4 is 0 Å². The molecule has 0 amide bonds.